The van der Waals surface area contributed by atoms with Gasteiger partial charge in [-0.3, -0.25) is 14.2 Å². The number of carbonyl (C=O) groups is 1. The second-order valence-corrected chi connectivity index (χ2v) is 9.64. The fourth-order valence-electron chi connectivity index (χ4n) is 5.14. The Morgan fingerprint density at radius 3 is 2.57 bits per heavy atom. The van der Waals surface area contributed by atoms with Gasteiger partial charge in [0.1, 0.15) is 29.2 Å². The first-order valence-electron chi connectivity index (χ1n) is 12.2. The minimum atomic E-state index is -2.95. The highest BCUT2D eigenvalue weighted by atomic mass is 19.3. The fourth-order valence-corrected chi connectivity index (χ4v) is 5.14. The van der Waals surface area contributed by atoms with Gasteiger partial charge in [0.05, 0.1) is 17.0 Å². The minimum Gasteiger partial charge on any atom is -0.363 e. The number of alkyl halides is 2. The molecule has 3 aromatic rings. The summed E-state index contributed by atoms with van der Waals surface area (Å²) in [7, 11) is 3.53. The lowest BCUT2D eigenvalue weighted by atomic mass is 10.0. The molecule has 3 atom stereocenters. The number of halogens is 3. The van der Waals surface area contributed by atoms with Crippen molar-refractivity contribution in [2.24, 2.45) is 7.05 Å². The predicted molar refractivity (Wildman–Crippen MR) is 135 cm³/mol. The summed E-state index contributed by atoms with van der Waals surface area (Å²) in [5.41, 5.74) is -0.844. The van der Waals surface area contributed by atoms with E-state index in [-0.39, 0.29) is 40.6 Å². The van der Waals surface area contributed by atoms with Gasteiger partial charge in [-0.1, -0.05) is 25.1 Å². The Balaban J connectivity index is 1.76. The third kappa shape index (κ3) is 4.92. The van der Waals surface area contributed by atoms with Crippen LogP contribution in [0.4, 0.5) is 19.0 Å². The molecule has 198 valence electrons. The molecule has 4 rings (SSSR count). The number of anilines is 1. The molecule has 0 saturated carbocycles. The van der Waals surface area contributed by atoms with Crippen molar-refractivity contribution in [1.82, 2.24) is 24.3 Å². The number of likely N-dealkylation sites (N-methyl/N-ethyl adjacent to an activating group) is 1. The van der Waals surface area contributed by atoms with Crippen LogP contribution in [0.2, 0.25) is 0 Å². The van der Waals surface area contributed by atoms with Crippen molar-refractivity contribution in [2.45, 2.75) is 51.7 Å². The topological polar surface area (TPSA) is 83.4 Å². The first kappa shape index (κ1) is 26.6. The highest BCUT2D eigenvalue weighted by molar-refractivity contribution is 5.99. The van der Waals surface area contributed by atoms with E-state index >= 15 is 0 Å². The smallest absolute Gasteiger partial charge is 0.266 e. The number of hydrogen-bond acceptors (Lipinski definition) is 6. The molecule has 2 aromatic heterocycles. The molecule has 1 amide bonds. The number of fused-ring (bicyclic) bond motifs is 1. The van der Waals surface area contributed by atoms with E-state index in [0.717, 1.165) is 12.5 Å². The number of hydrogen-bond donors (Lipinski definition) is 1. The highest BCUT2D eigenvalue weighted by Crippen LogP contribution is 2.30. The number of carbonyl (C=O) groups excluding carboxylic acids is 1. The Morgan fingerprint density at radius 1 is 1.19 bits per heavy atom. The van der Waals surface area contributed by atoms with Crippen LogP contribution >= 0.6 is 0 Å². The third-order valence-corrected chi connectivity index (χ3v) is 7.02. The number of nitrogens with one attached hydrogen (secondary N) is 1. The summed E-state index contributed by atoms with van der Waals surface area (Å²) >= 11 is 0. The molecule has 0 radical (unpaired) electrons. The van der Waals surface area contributed by atoms with Crippen LogP contribution in [0.3, 0.4) is 0 Å². The molecular formula is C26H31F3N6O2. The third-order valence-electron chi connectivity index (χ3n) is 7.02. The molecule has 1 fully saturated rings. The average Bonchev–Trinajstić information content (AvgIpc) is 2.85. The molecule has 1 aliphatic rings. The molecule has 1 aromatic carbocycles. The van der Waals surface area contributed by atoms with Crippen LogP contribution in [0.25, 0.3) is 11.0 Å². The molecule has 37 heavy (non-hydrogen) atoms. The summed E-state index contributed by atoms with van der Waals surface area (Å²) < 4.78 is 42.5. The second kappa shape index (κ2) is 10.5. The zero-order valence-corrected chi connectivity index (χ0v) is 21.5. The number of aromatic nitrogens is 3. The molecule has 1 saturated heterocycles. The second-order valence-electron chi connectivity index (χ2n) is 9.64. The van der Waals surface area contributed by atoms with Gasteiger partial charge in [0, 0.05) is 37.8 Å². The lowest BCUT2D eigenvalue weighted by Crippen LogP contribution is -2.59. The standard InChI is InChI=1S/C26H31F3N6O2/c1-6-16-12-33(4)11-14(2)35(16)26(37)20-10-19-23(30-13-31-24(19)34(5)25(20)36)32-15(3)17-8-7-9-18(21(17)27)22(28)29/h7-10,13-16,22H,6,11-12H2,1-5H3,(H,30,31,32)/t14?,15-,16?/m1/s1. The fraction of sp³-hybridized carbons (Fsp3) is 0.462. The Hall–Kier alpha value is -3.47. The van der Waals surface area contributed by atoms with Crippen molar-refractivity contribution in [1.29, 1.82) is 0 Å². The number of aryl methyl sites for hydroxylation is 1. The maximum atomic E-state index is 14.8. The Bertz CT molecular complexity index is 1380. The lowest BCUT2D eigenvalue weighted by Gasteiger charge is -2.44. The zero-order valence-electron chi connectivity index (χ0n) is 21.5. The van der Waals surface area contributed by atoms with E-state index < -0.39 is 29.4 Å². The van der Waals surface area contributed by atoms with E-state index in [1.54, 1.807) is 11.8 Å². The van der Waals surface area contributed by atoms with Crippen molar-refractivity contribution in [2.75, 3.05) is 25.5 Å². The summed E-state index contributed by atoms with van der Waals surface area (Å²) in [5, 5.41) is 3.44. The van der Waals surface area contributed by atoms with E-state index in [1.807, 2.05) is 20.9 Å². The van der Waals surface area contributed by atoms with Crippen LogP contribution in [-0.4, -0.2) is 62.5 Å². The van der Waals surface area contributed by atoms with Gasteiger partial charge in [0.15, 0.2) is 0 Å². The first-order valence-corrected chi connectivity index (χ1v) is 12.2. The first-order chi connectivity index (χ1) is 17.5. The number of rotatable bonds is 6. The van der Waals surface area contributed by atoms with E-state index in [2.05, 4.69) is 20.2 Å². The Morgan fingerprint density at radius 2 is 1.89 bits per heavy atom. The number of benzene rings is 1. The van der Waals surface area contributed by atoms with Crippen molar-refractivity contribution in [3.8, 4) is 0 Å². The number of nitrogens with zero attached hydrogens (tertiary/aromatic N) is 5. The van der Waals surface area contributed by atoms with Gasteiger partial charge < -0.3 is 15.1 Å². The van der Waals surface area contributed by atoms with Crippen molar-refractivity contribution >= 4 is 22.8 Å². The number of pyridine rings is 1. The van der Waals surface area contributed by atoms with Crippen molar-refractivity contribution in [3.05, 3.63) is 63.5 Å². The van der Waals surface area contributed by atoms with Gasteiger partial charge in [-0.2, -0.15) is 0 Å². The summed E-state index contributed by atoms with van der Waals surface area (Å²) in [5.74, 6) is -1.11. The molecule has 11 heteroatoms. The van der Waals surface area contributed by atoms with Crippen LogP contribution in [0.5, 0.6) is 0 Å². The molecule has 0 bridgehead atoms. The minimum absolute atomic E-state index is 0.0127. The molecule has 0 aliphatic carbocycles. The van der Waals surface area contributed by atoms with Crippen LogP contribution < -0.4 is 10.9 Å². The van der Waals surface area contributed by atoms with Crippen LogP contribution in [0.1, 0.15) is 61.1 Å². The van der Waals surface area contributed by atoms with Crippen LogP contribution in [0, 0.1) is 5.82 Å². The van der Waals surface area contributed by atoms with Gasteiger partial charge >= 0.3 is 0 Å². The van der Waals surface area contributed by atoms with Gasteiger partial charge in [0.25, 0.3) is 17.9 Å². The normalized spacial score (nSPS) is 19.4. The SMILES string of the molecule is CCC1CN(C)CC(C)N1C(=O)c1cc2c(N[C@H](C)c3cccc(C(F)F)c3F)ncnc2n(C)c1=O. The summed E-state index contributed by atoms with van der Waals surface area (Å²) in [6.45, 7) is 6.98. The molecule has 1 N–H and O–H groups in total. The zero-order chi connectivity index (χ0) is 27.0. The number of piperazine rings is 1. The van der Waals surface area contributed by atoms with Gasteiger partial charge in [-0.05, 0) is 33.4 Å². The summed E-state index contributed by atoms with van der Waals surface area (Å²) in [4.78, 5) is 39.4. The van der Waals surface area contributed by atoms with Crippen LogP contribution in [-0.2, 0) is 7.05 Å². The molecule has 8 nitrogen and oxygen atoms in total. The van der Waals surface area contributed by atoms with E-state index in [0.29, 0.717) is 18.5 Å². The van der Waals surface area contributed by atoms with E-state index in [1.165, 1.54) is 36.1 Å². The van der Waals surface area contributed by atoms with Gasteiger partial charge in [-0.25, -0.2) is 23.1 Å². The largest absolute Gasteiger partial charge is 0.363 e. The summed E-state index contributed by atoms with van der Waals surface area (Å²) in [6, 6.07) is 4.44. The van der Waals surface area contributed by atoms with Crippen molar-refractivity contribution < 1.29 is 18.0 Å². The van der Waals surface area contributed by atoms with Gasteiger partial charge in [0.2, 0.25) is 0 Å². The average molecular weight is 517 g/mol. The maximum Gasteiger partial charge on any atom is 0.266 e. The molecule has 1 aliphatic heterocycles. The predicted octanol–water partition coefficient (Wildman–Crippen LogP) is 4.13. The van der Waals surface area contributed by atoms with E-state index in [9.17, 15) is 22.8 Å². The Labute approximate surface area is 213 Å². The molecule has 2 unspecified atom stereocenters. The lowest BCUT2D eigenvalue weighted by molar-refractivity contribution is 0.0297. The van der Waals surface area contributed by atoms with Gasteiger partial charge in [-0.15, -0.1) is 0 Å². The van der Waals surface area contributed by atoms with E-state index in [4.69, 9.17) is 0 Å². The quantitative estimate of drug-likeness (QED) is 0.531. The molecule has 0 spiro atoms. The number of amides is 1. The summed E-state index contributed by atoms with van der Waals surface area (Å²) in [6.07, 6.45) is -0.954. The molecule has 3 heterocycles. The van der Waals surface area contributed by atoms with Crippen LogP contribution in [0.15, 0.2) is 35.4 Å². The van der Waals surface area contributed by atoms with Crippen molar-refractivity contribution in [3.63, 3.8) is 0 Å². The maximum absolute atomic E-state index is 14.8. The highest BCUT2D eigenvalue weighted by Gasteiger charge is 2.35. The molecular weight excluding hydrogens is 485 g/mol. The monoisotopic (exact) mass is 516 g/mol. The Kier molecular flexibility index (Phi) is 7.54.